The molecule has 1 aromatic rings. The minimum atomic E-state index is 0.157. The van der Waals surface area contributed by atoms with Crippen molar-refractivity contribution in [1.29, 1.82) is 0 Å². The van der Waals surface area contributed by atoms with Gasteiger partial charge in [0.15, 0.2) is 0 Å². The SMILES string of the molecule is CCC1(CO)CCN(Cc2ccc(Cl)cn2)CC1. The van der Waals surface area contributed by atoms with E-state index < -0.39 is 0 Å². The number of aliphatic hydroxyl groups is 1. The van der Waals surface area contributed by atoms with Crippen molar-refractivity contribution in [3.63, 3.8) is 0 Å². The topological polar surface area (TPSA) is 36.4 Å². The number of piperidine rings is 1. The molecule has 3 nitrogen and oxygen atoms in total. The van der Waals surface area contributed by atoms with Gasteiger partial charge in [-0.1, -0.05) is 18.5 Å². The number of halogens is 1. The van der Waals surface area contributed by atoms with Crippen LogP contribution in [0.1, 0.15) is 31.9 Å². The second kappa shape index (κ2) is 6.00. The summed E-state index contributed by atoms with van der Waals surface area (Å²) >= 11 is 5.83. The highest BCUT2D eigenvalue weighted by Crippen LogP contribution is 2.34. The van der Waals surface area contributed by atoms with E-state index in [1.165, 1.54) is 0 Å². The van der Waals surface area contributed by atoms with Crippen molar-refractivity contribution in [3.05, 3.63) is 29.0 Å². The van der Waals surface area contributed by atoms with Crippen molar-refractivity contribution in [2.24, 2.45) is 5.41 Å². The first kappa shape index (κ1) is 13.8. The molecule has 0 atom stereocenters. The van der Waals surface area contributed by atoms with Gasteiger partial charge in [0.25, 0.3) is 0 Å². The Bertz CT molecular complexity index is 366. The van der Waals surface area contributed by atoms with E-state index in [9.17, 15) is 5.11 Å². The van der Waals surface area contributed by atoms with Crippen molar-refractivity contribution in [2.75, 3.05) is 19.7 Å². The van der Waals surface area contributed by atoms with Gasteiger partial charge >= 0.3 is 0 Å². The summed E-state index contributed by atoms with van der Waals surface area (Å²) in [6, 6.07) is 3.87. The molecule has 1 aromatic heterocycles. The number of hydrogen-bond acceptors (Lipinski definition) is 3. The summed E-state index contributed by atoms with van der Waals surface area (Å²) in [5, 5.41) is 10.2. The standard InChI is InChI=1S/C14H21ClN2O/c1-2-14(11-18)5-7-17(8-6-14)10-13-4-3-12(15)9-16-13/h3-4,9,18H,2,5-8,10-11H2,1H3. The number of nitrogens with zero attached hydrogens (tertiary/aromatic N) is 2. The molecule has 0 amide bonds. The molecular formula is C14H21ClN2O. The van der Waals surface area contributed by atoms with Crippen LogP contribution in [0.2, 0.25) is 5.02 Å². The van der Waals surface area contributed by atoms with Gasteiger partial charge in [0, 0.05) is 19.3 Å². The Hall–Kier alpha value is -0.640. The number of hydrogen-bond donors (Lipinski definition) is 1. The Balaban J connectivity index is 1.88. The van der Waals surface area contributed by atoms with E-state index in [1.807, 2.05) is 12.1 Å². The molecule has 2 rings (SSSR count). The lowest BCUT2D eigenvalue weighted by atomic mass is 9.77. The largest absolute Gasteiger partial charge is 0.396 e. The average molecular weight is 269 g/mol. The Morgan fingerprint density at radius 1 is 1.39 bits per heavy atom. The zero-order valence-electron chi connectivity index (χ0n) is 10.9. The van der Waals surface area contributed by atoms with E-state index in [4.69, 9.17) is 11.6 Å². The van der Waals surface area contributed by atoms with E-state index >= 15 is 0 Å². The number of aliphatic hydroxyl groups excluding tert-OH is 1. The zero-order chi connectivity index (χ0) is 13.0. The third-order valence-corrected chi connectivity index (χ3v) is 4.40. The summed E-state index contributed by atoms with van der Waals surface area (Å²) in [6.07, 6.45) is 4.92. The van der Waals surface area contributed by atoms with Crippen LogP contribution < -0.4 is 0 Å². The molecule has 0 radical (unpaired) electrons. The molecule has 0 spiro atoms. The van der Waals surface area contributed by atoms with Gasteiger partial charge in [-0.15, -0.1) is 0 Å². The molecule has 1 aliphatic heterocycles. The highest BCUT2D eigenvalue weighted by atomic mass is 35.5. The van der Waals surface area contributed by atoms with Crippen LogP contribution in [0.4, 0.5) is 0 Å². The summed E-state index contributed by atoms with van der Waals surface area (Å²) in [5.41, 5.74) is 1.22. The molecule has 0 unspecified atom stereocenters. The van der Waals surface area contributed by atoms with Crippen LogP contribution >= 0.6 is 11.6 Å². The highest BCUT2D eigenvalue weighted by Gasteiger charge is 2.32. The molecule has 1 aliphatic rings. The van der Waals surface area contributed by atoms with Gasteiger partial charge in [0.1, 0.15) is 0 Å². The Morgan fingerprint density at radius 2 is 2.11 bits per heavy atom. The molecule has 0 aliphatic carbocycles. The van der Waals surface area contributed by atoms with E-state index in [0.717, 1.165) is 44.6 Å². The molecular weight excluding hydrogens is 248 g/mol. The highest BCUT2D eigenvalue weighted by molar-refractivity contribution is 6.30. The molecule has 2 heterocycles. The van der Waals surface area contributed by atoms with E-state index in [2.05, 4.69) is 16.8 Å². The summed E-state index contributed by atoms with van der Waals surface area (Å²) in [6.45, 7) is 5.45. The van der Waals surface area contributed by atoms with Crippen LogP contribution in [0.25, 0.3) is 0 Å². The number of pyridine rings is 1. The van der Waals surface area contributed by atoms with Crippen LogP contribution in [0, 0.1) is 5.41 Å². The minimum Gasteiger partial charge on any atom is -0.396 e. The molecule has 0 saturated carbocycles. The van der Waals surface area contributed by atoms with Crippen molar-refractivity contribution >= 4 is 11.6 Å². The molecule has 18 heavy (non-hydrogen) atoms. The van der Waals surface area contributed by atoms with Gasteiger partial charge in [0.2, 0.25) is 0 Å². The first-order valence-electron chi connectivity index (χ1n) is 6.61. The number of rotatable bonds is 4. The summed E-state index contributed by atoms with van der Waals surface area (Å²) in [4.78, 5) is 6.73. The zero-order valence-corrected chi connectivity index (χ0v) is 11.7. The summed E-state index contributed by atoms with van der Waals surface area (Å²) in [5.74, 6) is 0. The maximum atomic E-state index is 9.50. The van der Waals surface area contributed by atoms with Crippen LogP contribution in [0.5, 0.6) is 0 Å². The monoisotopic (exact) mass is 268 g/mol. The van der Waals surface area contributed by atoms with E-state index in [-0.39, 0.29) is 5.41 Å². The third-order valence-electron chi connectivity index (χ3n) is 4.18. The second-order valence-corrected chi connectivity index (χ2v) is 5.69. The first-order chi connectivity index (χ1) is 8.67. The third kappa shape index (κ3) is 3.22. The van der Waals surface area contributed by atoms with Gasteiger partial charge in [0.05, 0.1) is 10.7 Å². The first-order valence-corrected chi connectivity index (χ1v) is 6.99. The molecule has 4 heteroatoms. The molecule has 1 saturated heterocycles. The maximum Gasteiger partial charge on any atom is 0.0589 e. The van der Waals surface area contributed by atoms with Crippen molar-refractivity contribution in [1.82, 2.24) is 9.88 Å². The van der Waals surface area contributed by atoms with Crippen LogP contribution in [0.3, 0.4) is 0 Å². The Kier molecular flexibility index (Phi) is 4.60. The average Bonchev–Trinajstić information content (AvgIpc) is 2.43. The van der Waals surface area contributed by atoms with Gasteiger partial charge in [-0.25, -0.2) is 0 Å². The second-order valence-electron chi connectivity index (χ2n) is 5.26. The predicted octanol–water partition coefficient (Wildman–Crippen LogP) is 2.72. The molecule has 0 bridgehead atoms. The molecule has 100 valence electrons. The predicted molar refractivity (Wildman–Crippen MR) is 73.6 cm³/mol. The smallest absolute Gasteiger partial charge is 0.0589 e. The maximum absolute atomic E-state index is 9.50. The number of likely N-dealkylation sites (tertiary alicyclic amines) is 1. The lowest BCUT2D eigenvalue weighted by Gasteiger charge is -2.40. The van der Waals surface area contributed by atoms with Crippen molar-refractivity contribution in [2.45, 2.75) is 32.7 Å². The lowest BCUT2D eigenvalue weighted by molar-refractivity contribution is 0.0378. The van der Waals surface area contributed by atoms with Crippen LogP contribution in [0.15, 0.2) is 18.3 Å². The molecule has 0 aromatic carbocycles. The van der Waals surface area contributed by atoms with Gasteiger partial charge in [-0.05, 0) is 49.9 Å². The Labute approximate surface area is 114 Å². The van der Waals surface area contributed by atoms with Crippen LogP contribution in [-0.2, 0) is 6.54 Å². The van der Waals surface area contributed by atoms with Crippen LogP contribution in [-0.4, -0.2) is 34.7 Å². The lowest BCUT2D eigenvalue weighted by Crippen LogP contribution is -2.41. The van der Waals surface area contributed by atoms with E-state index in [0.29, 0.717) is 11.6 Å². The van der Waals surface area contributed by atoms with E-state index in [1.54, 1.807) is 6.20 Å². The van der Waals surface area contributed by atoms with Gasteiger partial charge < -0.3 is 5.11 Å². The minimum absolute atomic E-state index is 0.157. The summed E-state index contributed by atoms with van der Waals surface area (Å²) < 4.78 is 0. The quantitative estimate of drug-likeness (QED) is 0.912. The van der Waals surface area contributed by atoms with Gasteiger partial charge in [-0.3, -0.25) is 9.88 Å². The fraction of sp³-hybridized carbons (Fsp3) is 0.643. The summed E-state index contributed by atoms with van der Waals surface area (Å²) in [7, 11) is 0. The Morgan fingerprint density at radius 3 is 2.61 bits per heavy atom. The number of aromatic nitrogens is 1. The van der Waals surface area contributed by atoms with Crippen molar-refractivity contribution in [3.8, 4) is 0 Å². The normalized spacial score (nSPS) is 19.9. The van der Waals surface area contributed by atoms with Crippen molar-refractivity contribution < 1.29 is 5.11 Å². The molecule has 1 fully saturated rings. The fourth-order valence-electron chi connectivity index (χ4n) is 2.54. The molecule has 1 N–H and O–H groups in total. The van der Waals surface area contributed by atoms with Gasteiger partial charge in [-0.2, -0.15) is 0 Å². The fourth-order valence-corrected chi connectivity index (χ4v) is 2.65.